The second-order valence-electron chi connectivity index (χ2n) is 9.48. The lowest BCUT2D eigenvalue weighted by atomic mass is 9.82. The van der Waals surface area contributed by atoms with E-state index < -0.39 is 17.7 Å². The Hall–Kier alpha value is -3.03. The molecule has 2 heterocycles. The predicted molar refractivity (Wildman–Crippen MR) is 135 cm³/mol. The molecule has 0 bridgehead atoms. The van der Waals surface area contributed by atoms with Gasteiger partial charge in [0.25, 0.3) is 0 Å². The molecule has 3 aromatic carbocycles. The van der Waals surface area contributed by atoms with Crippen LogP contribution >= 0.6 is 11.6 Å². The van der Waals surface area contributed by atoms with Gasteiger partial charge in [-0.3, -0.25) is 9.69 Å². The van der Waals surface area contributed by atoms with Crippen LogP contribution in [0, 0.1) is 5.92 Å². The van der Waals surface area contributed by atoms with Gasteiger partial charge in [0, 0.05) is 43.4 Å². The van der Waals surface area contributed by atoms with Gasteiger partial charge in [-0.2, -0.15) is 13.2 Å². The second kappa shape index (κ2) is 10.1. The first-order valence-electron chi connectivity index (χ1n) is 12.0. The van der Waals surface area contributed by atoms with Crippen molar-refractivity contribution in [3.05, 3.63) is 100 Å². The number of fused-ring (bicyclic) bond motifs is 3. The van der Waals surface area contributed by atoms with Crippen LogP contribution in [0.15, 0.2) is 72.8 Å². The molecule has 188 valence electrons. The molecule has 2 aliphatic heterocycles. The monoisotopic (exact) mass is 513 g/mol. The van der Waals surface area contributed by atoms with Crippen LogP contribution in [0.2, 0.25) is 5.02 Å². The molecule has 2 aliphatic rings. The number of rotatable bonds is 5. The summed E-state index contributed by atoms with van der Waals surface area (Å²) in [7, 11) is 0. The fourth-order valence-electron chi connectivity index (χ4n) is 5.27. The van der Waals surface area contributed by atoms with Crippen LogP contribution < -0.4 is 10.2 Å². The molecule has 0 saturated carbocycles. The Kier molecular flexibility index (Phi) is 6.95. The Morgan fingerprint density at radius 3 is 2.44 bits per heavy atom. The normalized spacial score (nSPS) is 19.9. The van der Waals surface area contributed by atoms with Crippen molar-refractivity contribution in [2.24, 2.45) is 5.92 Å². The lowest BCUT2D eigenvalue weighted by Crippen LogP contribution is -2.60. The number of hydrogen-bond donors (Lipinski definition) is 1. The van der Waals surface area contributed by atoms with Crippen molar-refractivity contribution >= 4 is 23.2 Å². The van der Waals surface area contributed by atoms with E-state index in [1.54, 1.807) is 6.07 Å². The third-order valence-electron chi connectivity index (χ3n) is 7.09. The van der Waals surface area contributed by atoms with E-state index in [2.05, 4.69) is 15.1 Å². The van der Waals surface area contributed by atoms with Crippen LogP contribution in [0.25, 0.3) is 0 Å². The molecule has 1 saturated heterocycles. The predicted octanol–water partition coefficient (Wildman–Crippen LogP) is 5.54. The molecule has 0 aromatic heterocycles. The maximum atomic E-state index is 13.4. The third-order valence-corrected chi connectivity index (χ3v) is 7.34. The highest BCUT2D eigenvalue weighted by Gasteiger charge is 2.42. The van der Waals surface area contributed by atoms with E-state index in [0.29, 0.717) is 30.2 Å². The minimum absolute atomic E-state index is 0.133. The van der Waals surface area contributed by atoms with Gasteiger partial charge in [0.2, 0.25) is 5.91 Å². The molecule has 3 aromatic rings. The number of alkyl halides is 3. The molecule has 2 atom stereocenters. The summed E-state index contributed by atoms with van der Waals surface area (Å²) in [6.07, 6.45) is -4.15. The zero-order chi connectivity index (χ0) is 25.3. The molecule has 0 unspecified atom stereocenters. The zero-order valence-corrected chi connectivity index (χ0v) is 20.4. The minimum atomic E-state index is -4.42. The van der Waals surface area contributed by atoms with Crippen LogP contribution in [0.4, 0.5) is 18.9 Å². The highest BCUT2D eigenvalue weighted by Crippen LogP contribution is 2.40. The summed E-state index contributed by atoms with van der Waals surface area (Å²) in [5.41, 5.74) is 2.80. The highest BCUT2D eigenvalue weighted by molar-refractivity contribution is 6.30. The first-order valence-corrected chi connectivity index (χ1v) is 12.4. The third kappa shape index (κ3) is 5.37. The van der Waals surface area contributed by atoms with Crippen molar-refractivity contribution in [3.8, 4) is 0 Å². The van der Waals surface area contributed by atoms with Gasteiger partial charge in [-0.25, -0.2) is 0 Å². The van der Waals surface area contributed by atoms with Gasteiger partial charge >= 0.3 is 6.18 Å². The van der Waals surface area contributed by atoms with Crippen LogP contribution in [-0.4, -0.2) is 36.5 Å². The zero-order valence-electron chi connectivity index (χ0n) is 19.6. The fraction of sp³-hybridized carbons (Fsp3) is 0.321. The largest absolute Gasteiger partial charge is 0.416 e. The molecule has 5 rings (SSSR count). The summed E-state index contributed by atoms with van der Waals surface area (Å²) in [4.78, 5) is 17.9. The van der Waals surface area contributed by atoms with E-state index in [0.717, 1.165) is 36.0 Å². The van der Waals surface area contributed by atoms with E-state index in [1.807, 2.05) is 54.6 Å². The number of anilines is 1. The highest BCUT2D eigenvalue weighted by atomic mass is 35.5. The van der Waals surface area contributed by atoms with Crippen LogP contribution in [0.5, 0.6) is 0 Å². The summed E-state index contributed by atoms with van der Waals surface area (Å²) in [6.45, 7) is 3.14. The molecule has 1 N–H and O–H groups in total. The second-order valence-corrected chi connectivity index (χ2v) is 9.91. The van der Waals surface area contributed by atoms with Crippen molar-refractivity contribution < 1.29 is 18.0 Å². The maximum absolute atomic E-state index is 13.4. The van der Waals surface area contributed by atoms with Gasteiger partial charge in [0.15, 0.2) is 0 Å². The molecule has 0 radical (unpaired) electrons. The number of carbonyl (C=O) groups is 1. The van der Waals surface area contributed by atoms with E-state index in [1.165, 1.54) is 6.07 Å². The summed E-state index contributed by atoms with van der Waals surface area (Å²) in [5.74, 6) is -0.594. The smallest absolute Gasteiger partial charge is 0.365 e. The van der Waals surface area contributed by atoms with Gasteiger partial charge in [0.05, 0.1) is 17.5 Å². The number of amides is 1. The number of hydrogen-bond acceptors (Lipinski definition) is 3. The number of carbonyl (C=O) groups excluding carboxylic acids is 1. The van der Waals surface area contributed by atoms with Crippen LogP contribution in [0.1, 0.15) is 22.3 Å². The molecule has 0 spiro atoms. The SMILES string of the molecule is O=C(NCc1ccccc1)[C@H]1Cc2cc(C(F)(F)F)ccc2N2CCN(Cc3ccc(Cl)cc3)C[C@@H]12. The minimum Gasteiger partial charge on any atom is -0.365 e. The van der Waals surface area contributed by atoms with Crippen LogP contribution in [-0.2, 0) is 30.5 Å². The van der Waals surface area contributed by atoms with Crippen molar-refractivity contribution in [1.82, 2.24) is 10.2 Å². The first kappa shape index (κ1) is 24.7. The molecular formula is C28H27ClF3N3O. The lowest BCUT2D eigenvalue weighted by molar-refractivity contribution is -0.137. The average Bonchev–Trinajstić information content (AvgIpc) is 2.88. The summed E-state index contributed by atoms with van der Waals surface area (Å²) >= 11 is 6.03. The topological polar surface area (TPSA) is 35.6 Å². The summed E-state index contributed by atoms with van der Waals surface area (Å²) in [6, 6.07) is 21.1. The standard InChI is InChI=1S/C28H27ClF3N3O/c29-23-9-6-20(7-10-23)17-34-12-13-35-25-11-8-22(28(30,31)32)14-21(25)15-24(26(35)18-34)27(36)33-16-19-4-2-1-3-5-19/h1-11,14,24,26H,12-13,15-18H2,(H,33,36)/t24-,26-/m0/s1. The number of nitrogens with one attached hydrogen (secondary N) is 1. The first-order chi connectivity index (χ1) is 17.3. The van der Waals surface area contributed by atoms with E-state index >= 15 is 0 Å². The van der Waals surface area contributed by atoms with Crippen molar-refractivity contribution in [3.63, 3.8) is 0 Å². The van der Waals surface area contributed by atoms with Crippen LogP contribution in [0.3, 0.4) is 0 Å². The van der Waals surface area contributed by atoms with Gasteiger partial charge in [-0.1, -0.05) is 54.1 Å². The number of piperazine rings is 1. The average molecular weight is 514 g/mol. The fourth-order valence-corrected chi connectivity index (χ4v) is 5.39. The Balaban J connectivity index is 1.40. The van der Waals surface area contributed by atoms with Crippen molar-refractivity contribution in [2.75, 3.05) is 24.5 Å². The van der Waals surface area contributed by atoms with E-state index in [4.69, 9.17) is 11.6 Å². The molecule has 36 heavy (non-hydrogen) atoms. The lowest BCUT2D eigenvalue weighted by Gasteiger charge is -2.49. The van der Waals surface area contributed by atoms with E-state index in [-0.39, 0.29) is 18.4 Å². The molecule has 0 aliphatic carbocycles. The number of nitrogens with zero attached hydrogens (tertiary/aromatic N) is 2. The Labute approximate surface area is 213 Å². The number of benzene rings is 3. The Morgan fingerprint density at radius 2 is 1.72 bits per heavy atom. The quantitative estimate of drug-likeness (QED) is 0.487. The molecule has 1 amide bonds. The molecular weight excluding hydrogens is 487 g/mol. The Bertz CT molecular complexity index is 1220. The van der Waals surface area contributed by atoms with Gasteiger partial charge in [-0.15, -0.1) is 0 Å². The van der Waals surface area contributed by atoms with Crippen molar-refractivity contribution in [1.29, 1.82) is 0 Å². The maximum Gasteiger partial charge on any atom is 0.416 e. The summed E-state index contributed by atoms with van der Waals surface area (Å²) < 4.78 is 40.3. The van der Waals surface area contributed by atoms with Crippen molar-refractivity contribution in [2.45, 2.75) is 31.7 Å². The summed E-state index contributed by atoms with van der Waals surface area (Å²) in [5, 5.41) is 3.71. The van der Waals surface area contributed by atoms with Gasteiger partial charge in [0.1, 0.15) is 0 Å². The van der Waals surface area contributed by atoms with Gasteiger partial charge in [-0.05, 0) is 53.4 Å². The Morgan fingerprint density at radius 1 is 0.972 bits per heavy atom. The molecule has 4 nitrogen and oxygen atoms in total. The number of halogens is 4. The molecule has 1 fully saturated rings. The van der Waals surface area contributed by atoms with E-state index in [9.17, 15) is 18.0 Å². The van der Waals surface area contributed by atoms with Gasteiger partial charge < -0.3 is 10.2 Å². The molecule has 8 heteroatoms.